The van der Waals surface area contributed by atoms with Crippen LogP contribution in [0, 0.1) is 12.5 Å². The highest BCUT2D eigenvalue weighted by Crippen LogP contribution is 2.35. The molecule has 206 valence electrons. The Balaban J connectivity index is 1.37. The molecule has 2 saturated heterocycles. The Kier molecular flexibility index (Phi) is 7.87. The van der Waals surface area contributed by atoms with E-state index in [1.807, 2.05) is 0 Å². The third kappa shape index (κ3) is 5.36. The number of nitrogens with zero attached hydrogens (tertiary/aromatic N) is 7. The van der Waals surface area contributed by atoms with Crippen molar-refractivity contribution in [2.45, 2.75) is 51.7 Å². The van der Waals surface area contributed by atoms with Crippen molar-refractivity contribution in [3.05, 3.63) is 63.9 Å². The van der Waals surface area contributed by atoms with Gasteiger partial charge in [0, 0.05) is 57.3 Å². The molecule has 2 aromatic heterocycles. The Morgan fingerprint density at radius 1 is 1.05 bits per heavy atom. The average molecular weight is 530 g/mol. The lowest BCUT2D eigenvalue weighted by molar-refractivity contribution is 0.0855. The van der Waals surface area contributed by atoms with E-state index in [0.29, 0.717) is 28.6 Å². The summed E-state index contributed by atoms with van der Waals surface area (Å²) in [5.41, 5.74) is 2.29. The van der Waals surface area contributed by atoms with Crippen molar-refractivity contribution >= 4 is 22.7 Å². The number of aromatic nitrogens is 3. The minimum Gasteiger partial charge on any atom is -0.493 e. The smallest absolute Gasteiger partial charge is 0.350 e. The van der Waals surface area contributed by atoms with Crippen LogP contribution in [0.15, 0.2) is 41.2 Å². The van der Waals surface area contributed by atoms with Crippen LogP contribution < -0.4 is 15.3 Å². The number of hydrogen-bond donors (Lipinski definition) is 0. The molecular weight excluding hydrogens is 490 g/mol. The SMILES string of the molecule is [C-]#[N+]c1ccc2c(n1)c(N1C[C@@H](CC)N(C(CC)c3ccc(OCC4CN(C)C4)cc3)C[C@@H]1C)nc(=O)n2C. The van der Waals surface area contributed by atoms with Crippen LogP contribution in [0.25, 0.3) is 15.9 Å². The zero-order valence-electron chi connectivity index (χ0n) is 23.7. The van der Waals surface area contributed by atoms with E-state index in [9.17, 15) is 4.79 Å². The van der Waals surface area contributed by atoms with Gasteiger partial charge in [0.05, 0.1) is 12.1 Å². The van der Waals surface area contributed by atoms with Gasteiger partial charge in [0.15, 0.2) is 5.82 Å². The van der Waals surface area contributed by atoms with Crippen LogP contribution in [0.3, 0.4) is 0 Å². The van der Waals surface area contributed by atoms with Crippen LogP contribution >= 0.6 is 0 Å². The van der Waals surface area contributed by atoms with Gasteiger partial charge in [-0.25, -0.2) is 4.79 Å². The van der Waals surface area contributed by atoms with E-state index in [2.05, 4.69) is 81.6 Å². The quantitative estimate of drug-likeness (QED) is 0.404. The summed E-state index contributed by atoms with van der Waals surface area (Å²) in [6, 6.07) is 12.8. The minimum atomic E-state index is -0.310. The average Bonchev–Trinajstić information content (AvgIpc) is 2.93. The molecule has 5 rings (SSSR count). The van der Waals surface area contributed by atoms with Crippen molar-refractivity contribution < 1.29 is 4.74 Å². The van der Waals surface area contributed by atoms with Crippen molar-refractivity contribution in [2.24, 2.45) is 13.0 Å². The van der Waals surface area contributed by atoms with E-state index < -0.39 is 0 Å². The molecule has 39 heavy (non-hydrogen) atoms. The lowest BCUT2D eigenvalue weighted by atomic mass is 9.96. The fraction of sp³-hybridized carbons (Fsp3) is 0.533. The van der Waals surface area contributed by atoms with Crippen molar-refractivity contribution in [1.29, 1.82) is 0 Å². The number of pyridine rings is 1. The first kappa shape index (κ1) is 27.1. The summed E-state index contributed by atoms with van der Waals surface area (Å²) in [5, 5.41) is 0. The molecule has 3 atom stereocenters. The molecule has 0 aliphatic carbocycles. The molecule has 2 aliphatic rings. The summed E-state index contributed by atoms with van der Waals surface area (Å²) in [5.74, 6) is 2.45. The van der Waals surface area contributed by atoms with Gasteiger partial charge < -0.3 is 19.4 Å². The molecule has 4 heterocycles. The van der Waals surface area contributed by atoms with Gasteiger partial charge >= 0.3 is 5.69 Å². The van der Waals surface area contributed by atoms with Gasteiger partial charge in [0.2, 0.25) is 5.52 Å². The van der Waals surface area contributed by atoms with E-state index >= 15 is 0 Å². The zero-order valence-corrected chi connectivity index (χ0v) is 23.7. The summed E-state index contributed by atoms with van der Waals surface area (Å²) >= 11 is 0. The molecule has 2 fully saturated rings. The third-order valence-electron chi connectivity index (χ3n) is 8.34. The Morgan fingerprint density at radius 2 is 1.79 bits per heavy atom. The number of fused-ring (bicyclic) bond motifs is 1. The highest BCUT2D eigenvalue weighted by atomic mass is 16.5. The molecule has 1 unspecified atom stereocenters. The Labute approximate surface area is 230 Å². The standard InChI is InChI=1S/C30H39N7O2/c1-7-23-18-36(29-28-26(35(6)30(38)33-29)13-14-27(31-4)32-28)20(3)15-37(23)25(8-2)22-9-11-24(12-10-22)39-19-21-16-34(5)17-21/h9-14,20-21,23,25H,7-8,15-19H2,1-3,5-6H3/t20-,23+,25?/m0/s1. The Hall–Kier alpha value is -3.48. The van der Waals surface area contributed by atoms with E-state index in [1.165, 1.54) is 10.1 Å². The molecule has 3 aromatic rings. The lowest BCUT2D eigenvalue weighted by Crippen LogP contribution is -2.58. The number of rotatable bonds is 8. The summed E-state index contributed by atoms with van der Waals surface area (Å²) < 4.78 is 7.56. The van der Waals surface area contributed by atoms with E-state index in [-0.39, 0.29) is 23.8 Å². The van der Waals surface area contributed by atoms with Crippen LogP contribution in [-0.4, -0.2) is 76.3 Å². The molecule has 0 spiro atoms. The normalized spacial score (nSPS) is 21.5. The lowest BCUT2D eigenvalue weighted by Gasteiger charge is -2.48. The highest BCUT2D eigenvalue weighted by molar-refractivity contribution is 5.87. The highest BCUT2D eigenvalue weighted by Gasteiger charge is 2.37. The second kappa shape index (κ2) is 11.3. The summed E-state index contributed by atoms with van der Waals surface area (Å²) in [7, 11) is 3.84. The number of anilines is 1. The number of likely N-dealkylation sites (tertiary alicyclic amines) is 1. The Bertz CT molecular complexity index is 1410. The summed E-state index contributed by atoms with van der Waals surface area (Å²) in [6.07, 6.45) is 1.97. The van der Waals surface area contributed by atoms with Crippen LogP contribution in [-0.2, 0) is 7.05 Å². The van der Waals surface area contributed by atoms with E-state index in [0.717, 1.165) is 51.4 Å². The first-order valence-electron chi connectivity index (χ1n) is 14.0. The molecule has 0 amide bonds. The maximum Gasteiger partial charge on any atom is 0.350 e. The van der Waals surface area contributed by atoms with Gasteiger partial charge in [-0.1, -0.05) is 32.6 Å². The van der Waals surface area contributed by atoms with Crippen LogP contribution in [0.1, 0.15) is 45.2 Å². The van der Waals surface area contributed by atoms with Crippen LogP contribution in [0.2, 0.25) is 0 Å². The number of ether oxygens (including phenoxy) is 1. The second-order valence-corrected chi connectivity index (χ2v) is 11.1. The first-order valence-corrected chi connectivity index (χ1v) is 14.0. The second-order valence-electron chi connectivity index (χ2n) is 11.1. The van der Waals surface area contributed by atoms with Crippen LogP contribution in [0.5, 0.6) is 5.75 Å². The van der Waals surface area contributed by atoms with E-state index in [4.69, 9.17) is 11.3 Å². The molecule has 0 radical (unpaired) electrons. The topological polar surface area (TPSA) is 71.1 Å². The van der Waals surface area contributed by atoms with Crippen molar-refractivity contribution in [3.63, 3.8) is 0 Å². The molecule has 0 bridgehead atoms. The largest absolute Gasteiger partial charge is 0.493 e. The van der Waals surface area contributed by atoms with Gasteiger partial charge in [0.1, 0.15) is 5.75 Å². The van der Waals surface area contributed by atoms with Gasteiger partial charge in [0.25, 0.3) is 5.82 Å². The molecule has 9 nitrogen and oxygen atoms in total. The molecule has 1 aromatic carbocycles. The number of aryl methyl sites for hydroxylation is 1. The van der Waals surface area contributed by atoms with Gasteiger partial charge in [-0.05, 0) is 56.6 Å². The number of benzene rings is 1. The molecule has 2 aliphatic heterocycles. The Morgan fingerprint density at radius 3 is 2.44 bits per heavy atom. The number of hydrogen-bond acceptors (Lipinski definition) is 7. The van der Waals surface area contributed by atoms with Gasteiger partial charge in [-0.15, -0.1) is 4.98 Å². The van der Waals surface area contributed by atoms with Crippen molar-refractivity contribution in [1.82, 2.24) is 24.3 Å². The first-order chi connectivity index (χ1) is 18.8. The zero-order chi connectivity index (χ0) is 27.7. The fourth-order valence-electron chi connectivity index (χ4n) is 6.16. The summed E-state index contributed by atoms with van der Waals surface area (Å²) in [6.45, 7) is 18.6. The third-order valence-corrected chi connectivity index (χ3v) is 8.34. The monoisotopic (exact) mass is 529 g/mol. The predicted molar refractivity (Wildman–Crippen MR) is 155 cm³/mol. The minimum absolute atomic E-state index is 0.117. The molecule has 0 saturated carbocycles. The molecule has 0 N–H and O–H groups in total. The van der Waals surface area contributed by atoms with Crippen LogP contribution in [0.4, 0.5) is 11.6 Å². The fourth-order valence-corrected chi connectivity index (χ4v) is 6.16. The van der Waals surface area contributed by atoms with Gasteiger partial charge in [-0.2, -0.15) is 4.98 Å². The number of piperazine rings is 1. The molecule has 9 heteroatoms. The van der Waals surface area contributed by atoms with Crippen molar-refractivity contribution in [3.8, 4) is 5.75 Å². The van der Waals surface area contributed by atoms with Gasteiger partial charge in [-0.3, -0.25) is 9.47 Å². The molecular formula is C30H39N7O2. The predicted octanol–water partition coefficient (Wildman–Crippen LogP) is 4.26. The van der Waals surface area contributed by atoms with E-state index in [1.54, 1.807) is 19.2 Å². The maximum absolute atomic E-state index is 12.8. The maximum atomic E-state index is 12.8. The summed E-state index contributed by atoms with van der Waals surface area (Å²) in [4.78, 5) is 32.5. The van der Waals surface area contributed by atoms with Crippen molar-refractivity contribution in [2.75, 3.05) is 44.7 Å².